The van der Waals surface area contributed by atoms with Crippen molar-refractivity contribution in [3.63, 3.8) is 0 Å². The predicted molar refractivity (Wildman–Crippen MR) is 126 cm³/mol. The van der Waals surface area contributed by atoms with Crippen LogP contribution in [0, 0.1) is 13.8 Å². The number of hydrogen-bond donors (Lipinski definition) is 0. The Bertz CT molecular complexity index is 1080. The fourth-order valence-corrected chi connectivity index (χ4v) is 7.56. The van der Waals surface area contributed by atoms with Gasteiger partial charge in [0.1, 0.15) is 0 Å². The van der Waals surface area contributed by atoms with Gasteiger partial charge in [-0.15, -0.1) is 0 Å². The van der Waals surface area contributed by atoms with Crippen molar-refractivity contribution >= 4 is 46.9 Å². The van der Waals surface area contributed by atoms with Crippen LogP contribution < -0.4 is 32.3 Å². The molecule has 0 radical (unpaired) electrons. The Morgan fingerprint density at radius 3 is 1.61 bits per heavy atom. The van der Waals surface area contributed by atoms with Gasteiger partial charge < -0.3 is 0 Å². The average Bonchev–Trinajstić information content (AvgIpc) is 2.73. The Hall–Kier alpha value is -2.63. The number of benzene rings is 4. The summed E-state index contributed by atoms with van der Waals surface area (Å²) in [5.41, 5.74) is 7.09. The van der Waals surface area contributed by atoms with E-state index in [1.807, 2.05) is 0 Å². The second-order valence-electron chi connectivity index (χ2n) is 7.54. The zero-order valence-electron chi connectivity index (χ0n) is 16.3. The quantitative estimate of drug-likeness (QED) is 0.328. The van der Waals surface area contributed by atoms with E-state index in [1.165, 1.54) is 43.4 Å². The minimum Gasteiger partial charge on any atom is -0.0686 e. The Kier molecular flexibility index (Phi) is 4.42. The third kappa shape index (κ3) is 2.74. The van der Waals surface area contributed by atoms with Crippen LogP contribution in [0.5, 0.6) is 0 Å². The van der Waals surface area contributed by atoms with Crippen LogP contribution in [0.2, 0.25) is 0 Å². The first-order valence-electron chi connectivity index (χ1n) is 9.85. The van der Waals surface area contributed by atoms with E-state index in [0.717, 1.165) is 0 Å². The summed E-state index contributed by atoms with van der Waals surface area (Å²) >= 11 is 0. The largest absolute Gasteiger partial charge is 0.242 e. The summed E-state index contributed by atoms with van der Waals surface area (Å²) in [5, 5.41) is 4.52. The van der Waals surface area contributed by atoms with Crippen molar-refractivity contribution < 1.29 is 0 Å². The molecule has 4 aromatic rings. The molecule has 0 aromatic heterocycles. The minimum atomic E-state index is -0.557. The second kappa shape index (κ2) is 7.08. The highest BCUT2D eigenvalue weighted by Gasteiger charge is 2.36. The summed E-state index contributed by atoms with van der Waals surface area (Å²) < 4.78 is 0. The van der Waals surface area contributed by atoms with E-state index in [2.05, 4.69) is 111 Å². The van der Waals surface area contributed by atoms with E-state index in [9.17, 15) is 0 Å². The van der Waals surface area contributed by atoms with Gasteiger partial charge in [-0.3, -0.25) is 0 Å². The molecule has 0 saturated heterocycles. The molecule has 0 amide bonds. The first kappa shape index (κ1) is 17.5. The lowest BCUT2D eigenvalue weighted by atomic mass is 9.36. The maximum atomic E-state index is 2.36. The molecular weight excluding hydrogens is 354 g/mol. The van der Waals surface area contributed by atoms with Gasteiger partial charge in [0.2, 0.25) is 6.71 Å². The molecule has 2 heteroatoms. The normalized spacial score (nSPS) is 13.1. The maximum Gasteiger partial charge on any atom is 0.242 e. The summed E-state index contributed by atoms with van der Waals surface area (Å²) in [5.74, 6) is 0. The lowest BCUT2D eigenvalue weighted by molar-refractivity contribution is 1.43. The zero-order valence-corrected chi connectivity index (χ0v) is 17.2. The average molecular weight is 376 g/mol. The SMILES string of the molecule is Cc1cccc(C)c1P1c2ccccc2B(c2ccccc2)c2ccccc21. The van der Waals surface area contributed by atoms with Gasteiger partial charge >= 0.3 is 0 Å². The highest BCUT2D eigenvalue weighted by atomic mass is 31.1. The standard InChI is InChI=1S/C26H22BP/c1-19-11-10-12-20(2)26(19)28-24-17-8-6-15-22(24)27(21-13-4-3-5-14-21)23-16-7-9-18-25(23)28/h3-18H,1-2H3. The molecule has 0 aliphatic carbocycles. The van der Waals surface area contributed by atoms with Gasteiger partial charge in [-0.05, 0) is 48.8 Å². The third-order valence-corrected chi connectivity index (χ3v) is 8.70. The molecule has 134 valence electrons. The van der Waals surface area contributed by atoms with Crippen LogP contribution in [-0.4, -0.2) is 6.71 Å². The summed E-state index contributed by atoms with van der Waals surface area (Å²) in [7, 11) is -0.557. The van der Waals surface area contributed by atoms with Crippen LogP contribution in [-0.2, 0) is 0 Å². The first-order chi connectivity index (χ1) is 13.8. The van der Waals surface area contributed by atoms with Crippen molar-refractivity contribution in [1.82, 2.24) is 0 Å². The summed E-state index contributed by atoms with van der Waals surface area (Å²) in [6.07, 6.45) is 0. The number of fused-ring (bicyclic) bond motifs is 2. The van der Waals surface area contributed by atoms with Crippen molar-refractivity contribution in [3.05, 3.63) is 108 Å². The van der Waals surface area contributed by atoms with Gasteiger partial charge in [-0.2, -0.15) is 0 Å². The molecular formula is C26H22BP. The fraction of sp³-hybridized carbons (Fsp3) is 0.0769. The minimum absolute atomic E-state index is 0.302. The highest BCUT2D eigenvalue weighted by molar-refractivity contribution is 7.81. The van der Waals surface area contributed by atoms with Crippen LogP contribution >= 0.6 is 7.92 Å². The number of aryl methyl sites for hydroxylation is 2. The maximum absolute atomic E-state index is 2.36. The van der Waals surface area contributed by atoms with Crippen LogP contribution in [0.25, 0.3) is 0 Å². The van der Waals surface area contributed by atoms with Crippen molar-refractivity contribution in [2.24, 2.45) is 0 Å². The lowest BCUT2D eigenvalue weighted by Gasteiger charge is -2.35. The highest BCUT2D eigenvalue weighted by Crippen LogP contribution is 2.36. The molecule has 0 N–H and O–H groups in total. The van der Waals surface area contributed by atoms with Crippen molar-refractivity contribution in [1.29, 1.82) is 0 Å². The molecule has 0 atom stereocenters. The summed E-state index contributed by atoms with van der Waals surface area (Å²) in [6.45, 7) is 4.83. The van der Waals surface area contributed by atoms with Gasteiger partial charge in [-0.1, -0.05) is 113 Å². The Labute approximate surface area is 169 Å². The van der Waals surface area contributed by atoms with Crippen molar-refractivity contribution in [2.45, 2.75) is 13.8 Å². The topological polar surface area (TPSA) is 0 Å². The molecule has 1 aliphatic heterocycles. The van der Waals surface area contributed by atoms with Gasteiger partial charge in [-0.25, -0.2) is 0 Å². The zero-order chi connectivity index (χ0) is 19.1. The van der Waals surface area contributed by atoms with Crippen LogP contribution in [0.15, 0.2) is 97.1 Å². The Morgan fingerprint density at radius 1 is 0.536 bits per heavy atom. The van der Waals surface area contributed by atoms with E-state index in [4.69, 9.17) is 0 Å². The Morgan fingerprint density at radius 2 is 1.04 bits per heavy atom. The van der Waals surface area contributed by atoms with Crippen molar-refractivity contribution in [2.75, 3.05) is 0 Å². The molecule has 28 heavy (non-hydrogen) atoms. The molecule has 0 fully saturated rings. The molecule has 0 spiro atoms. The smallest absolute Gasteiger partial charge is 0.0686 e. The molecule has 0 bridgehead atoms. The monoisotopic (exact) mass is 376 g/mol. The van der Waals surface area contributed by atoms with Gasteiger partial charge in [0.25, 0.3) is 0 Å². The molecule has 1 aliphatic rings. The molecule has 0 nitrogen and oxygen atoms in total. The lowest BCUT2D eigenvalue weighted by Crippen LogP contribution is -2.64. The first-order valence-corrected chi connectivity index (χ1v) is 11.2. The Balaban J connectivity index is 1.83. The number of rotatable bonds is 2. The molecule has 1 heterocycles. The summed E-state index contributed by atoms with van der Waals surface area (Å²) in [4.78, 5) is 0. The van der Waals surface area contributed by atoms with Gasteiger partial charge in [0.15, 0.2) is 0 Å². The van der Waals surface area contributed by atoms with Crippen molar-refractivity contribution in [3.8, 4) is 0 Å². The molecule has 4 aromatic carbocycles. The molecule has 5 rings (SSSR count). The van der Waals surface area contributed by atoms with E-state index >= 15 is 0 Å². The van der Waals surface area contributed by atoms with E-state index < -0.39 is 7.92 Å². The fourth-order valence-electron chi connectivity index (χ4n) is 4.57. The summed E-state index contributed by atoms with van der Waals surface area (Å²) in [6, 6.07) is 35.9. The molecule has 0 saturated carbocycles. The van der Waals surface area contributed by atoms with Crippen LogP contribution in [0.3, 0.4) is 0 Å². The van der Waals surface area contributed by atoms with E-state index in [-0.39, 0.29) is 0 Å². The third-order valence-electron chi connectivity index (χ3n) is 5.77. The second-order valence-corrected chi connectivity index (χ2v) is 9.62. The van der Waals surface area contributed by atoms with Crippen LogP contribution in [0.1, 0.15) is 11.1 Å². The van der Waals surface area contributed by atoms with E-state index in [1.54, 1.807) is 0 Å². The van der Waals surface area contributed by atoms with Crippen LogP contribution in [0.4, 0.5) is 0 Å². The van der Waals surface area contributed by atoms with Gasteiger partial charge in [0.05, 0.1) is 0 Å². The molecule has 0 unspecified atom stereocenters. The number of hydrogen-bond acceptors (Lipinski definition) is 0. The van der Waals surface area contributed by atoms with Gasteiger partial charge in [0, 0.05) is 0 Å². The van der Waals surface area contributed by atoms with E-state index in [0.29, 0.717) is 6.71 Å². The predicted octanol–water partition coefficient (Wildman–Crippen LogP) is 2.89.